The Bertz CT molecular complexity index is 866. The summed E-state index contributed by atoms with van der Waals surface area (Å²) >= 11 is 2.08. The second kappa shape index (κ2) is 5.49. The molecule has 4 aromatic rings. The van der Waals surface area contributed by atoms with E-state index in [9.17, 15) is 0 Å². The van der Waals surface area contributed by atoms with E-state index in [1.54, 1.807) is 0 Å². The topological polar surface area (TPSA) is 17.3 Å². The number of nitrogens with zero attached hydrogens (tertiary/aromatic N) is 2. The number of fused-ring (bicyclic) bond motifs is 1. The van der Waals surface area contributed by atoms with Crippen LogP contribution in [0, 0.1) is 0 Å². The van der Waals surface area contributed by atoms with Gasteiger partial charge < -0.3 is 0 Å². The Morgan fingerprint density at radius 1 is 0.905 bits per heavy atom. The van der Waals surface area contributed by atoms with Crippen LogP contribution in [0.5, 0.6) is 0 Å². The van der Waals surface area contributed by atoms with Gasteiger partial charge in [0.2, 0.25) is 0 Å². The van der Waals surface area contributed by atoms with E-state index < -0.39 is 0 Å². The Balaban J connectivity index is 1.93. The van der Waals surface area contributed by atoms with Crippen molar-refractivity contribution in [2.75, 3.05) is 0 Å². The number of benzene rings is 1. The van der Waals surface area contributed by atoms with Gasteiger partial charge >= 0.3 is 133 Å². The predicted molar refractivity (Wildman–Crippen MR) is 90.0 cm³/mol. The van der Waals surface area contributed by atoms with Crippen molar-refractivity contribution in [2.24, 2.45) is 0 Å². The molecule has 0 aliphatic rings. The molecule has 1 aromatic carbocycles. The minimum absolute atomic E-state index is 0.264. The fourth-order valence-corrected chi connectivity index (χ4v) is 5.61. The summed E-state index contributed by atoms with van der Waals surface area (Å²) in [5.41, 5.74) is 3.31. The van der Waals surface area contributed by atoms with Crippen molar-refractivity contribution in [3.05, 3.63) is 72.2 Å². The second-order valence-electron chi connectivity index (χ2n) is 4.59. The van der Waals surface area contributed by atoms with Gasteiger partial charge in [0.15, 0.2) is 0 Å². The third-order valence-electron chi connectivity index (χ3n) is 3.23. The fraction of sp³-hybridized carbons (Fsp3) is 0. The van der Waals surface area contributed by atoms with Gasteiger partial charge in [0, 0.05) is 0 Å². The summed E-state index contributed by atoms with van der Waals surface area (Å²) in [5.74, 6) is 0. The van der Waals surface area contributed by atoms with Gasteiger partial charge in [-0.15, -0.1) is 0 Å². The molecule has 0 saturated heterocycles. The van der Waals surface area contributed by atoms with Gasteiger partial charge in [-0.3, -0.25) is 0 Å². The van der Waals surface area contributed by atoms with Gasteiger partial charge in [-0.2, -0.15) is 0 Å². The molecule has 0 aliphatic carbocycles. The maximum absolute atomic E-state index is 4.85. The summed E-state index contributed by atoms with van der Waals surface area (Å²) in [6, 6.07) is 21.0. The number of imidazole rings is 1. The zero-order valence-corrected chi connectivity index (χ0v) is 13.7. The van der Waals surface area contributed by atoms with E-state index in [4.69, 9.17) is 4.98 Å². The Labute approximate surface area is 133 Å². The molecular weight excluding hydrogens is 343 g/mol. The molecule has 0 atom stereocenters. The van der Waals surface area contributed by atoms with E-state index in [0.29, 0.717) is 0 Å². The van der Waals surface area contributed by atoms with Gasteiger partial charge in [-0.05, 0) is 0 Å². The van der Waals surface area contributed by atoms with E-state index in [0.717, 1.165) is 11.3 Å². The quantitative estimate of drug-likeness (QED) is 0.517. The minimum atomic E-state index is 0.264. The molecule has 4 rings (SSSR count). The molecule has 3 heterocycles. The van der Waals surface area contributed by atoms with Gasteiger partial charge in [0.05, 0.1) is 0 Å². The standard InChI is InChI=1S/C17H12N2SSe/c1-2-7-13(8-3-1)16-17(21-15-10-6-12-20-15)19-11-5-4-9-14(19)18-16/h1-12H. The summed E-state index contributed by atoms with van der Waals surface area (Å²) in [5, 5.41) is 2.14. The van der Waals surface area contributed by atoms with Gasteiger partial charge in [-0.1, -0.05) is 0 Å². The normalized spacial score (nSPS) is 11.0. The zero-order valence-electron chi connectivity index (χ0n) is 11.1. The Hall–Kier alpha value is -1.87. The van der Waals surface area contributed by atoms with Crippen molar-refractivity contribution in [2.45, 2.75) is 0 Å². The molecule has 0 radical (unpaired) electrons. The Kier molecular flexibility index (Phi) is 3.36. The van der Waals surface area contributed by atoms with E-state index >= 15 is 0 Å². The maximum atomic E-state index is 4.85. The molecule has 0 N–H and O–H groups in total. The van der Waals surface area contributed by atoms with E-state index in [1.165, 1.54) is 13.9 Å². The van der Waals surface area contributed by atoms with Gasteiger partial charge in [0.25, 0.3) is 0 Å². The molecule has 0 saturated carbocycles. The van der Waals surface area contributed by atoms with Crippen LogP contribution < -0.4 is 8.37 Å². The monoisotopic (exact) mass is 356 g/mol. The number of rotatable bonds is 3. The number of hydrogen-bond donors (Lipinski definition) is 0. The summed E-state index contributed by atoms with van der Waals surface area (Å²) in [4.78, 5) is 4.85. The molecule has 0 fully saturated rings. The molecule has 3 aromatic heterocycles. The molecule has 0 amide bonds. The molecule has 0 unspecified atom stereocenters. The fourth-order valence-electron chi connectivity index (χ4n) is 2.27. The third kappa shape index (κ3) is 2.42. The first kappa shape index (κ1) is 12.8. The number of thiophene rings is 1. The number of pyridine rings is 1. The van der Waals surface area contributed by atoms with Gasteiger partial charge in [0.1, 0.15) is 0 Å². The van der Waals surface area contributed by atoms with Crippen LogP contribution in [0.15, 0.2) is 72.2 Å². The average Bonchev–Trinajstić information content (AvgIpc) is 3.17. The Morgan fingerprint density at radius 3 is 2.57 bits per heavy atom. The van der Waals surface area contributed by atoms with Crippen molar-refractivity contribution >= 4 is 40.3 Å². The van der Waals surface area contributed by atoms with Crippen molar-refractivity contribution in [1.82, 2.24) is 9.38 Å². The summed E-state index contributed by atoms with van der Waals surface area (Å²) in [6.45, 7) is 0. The summed E-state index contributed by atoms with van der Waals surface area (Å²) < 4.78 is 4.96. The second-order valence-corrected chi connectivity index (χ2v) is 8.29. The van der Waals surface area contributed by atoms with Crippen LogP contribution in [0.2, 0.25) is 0 Å². The van der Waals surface area contributed by atoms with Crippen LogP contribution >= 0.6 is 11.3 Å². The third-order valence-corrected chi connectivity index (χ3v) is 6.86. The average molecular weight is 355 g/mol. The van der Waals surface area contributed by atoms with Crippen molar-refractivity contribution in [3.63, 3.8) is 0 Å². The first-order chi connectivity index (χ1) is 10.4. The van der Waals surface area contributed by atoms with Crippen molar-refractivity contribution in [1.29, 1.82) is 0 Å². The molecule has 2 nitrogen and oxygen atoms in total. The molecule has 0 bridgehead atoms. The van der Waals surface area contributed by atoms with E-state index in [1.807, 2.05) is 23.5 Å². The molecule has 21 heavy (non-hydrogen) atoms. The van der Waals surface area contributed by atoms with Crippen LogP contribution in [0.3, 0.4) is 0 Å². The van der Waals surface area contributed by atoms with Crippen LogP contribution in [-0.2, 0) is 0 Å². The van der Waals surface area contributed by atoms with Crippen LogP contribution in [0.25, 0.3) is 16.9 Å². The molecule has 102 valence electrons. The molecular formula is C17H12N2SSe. The first-order valence-corrected chi connectivity index (χ1v) is 9.25. The summed E-state index contributed by atoms with van der Waals surface area (Å²) in [6.07, 6.45) is 2.11. The van der Waals surface area contributed by atoms with E-state index in [-0.39, 0.29) is 15.0 Å². The van der Waals surface area contributed by atoms with E-state index in [2.05, 4.69) is 64.5 Å². The molecule has 0 spiro atoms. The van der Waals surface area contributed by atoms with Gasteiger partial charge in [-0.25, -0.2) is 0 Å². The molecule has 0 aliphatic heterocycles. The number of aromatic nitrogens is 2. The van der Waals surface area contributed by atoms with Crippen LogP contribution in [-0.4, -0.2) is 24.3 Å². The number of hydrogen-bond acceptors (Lipinski definition) is 2. The molecule has 4 heteroatoms. The first-order valence-electron chi connectivity index (χ1n) is 6.66. The SMILES string of the molecule is c1ccc(-c2nc3ccccn3c2[Se]c2cccs2)cc1. The van der Waals surface area contributed by atoms with Crippen molar-refractivity contribution < 1.29 is 0 Å². The summed E-state index contributed by atoms with van der Waals surface area (Å²) in [7, 11) is 0. The van der Waals surface area contributed by atoms with Crippen molar-refractivity contribution in [3.8, 4) is 11.3 Å². The Morgan fingerprint density at radius 2 is 1.76 bits per heavy atom. The van der Waals surface area contributed by atoms with Crippen LogP contribution in [0.1, 0.15) is 0 Å². The zero-order chi connectivity index (χ0) is 14.1. The predicted octanol–water partition coefficient (Wildman–Crippen LogP) is 2.72. The van der Waals surface area contributed by atoms with Crippen LogP contribution in [0.4, 0.5) is 0 Å².